The number of sulfone groups is 2. The fourth-order valence-electron chi connectivity index (χ4n) is 6.16. The normalized spacial score (nSPS) is 12.0. The Hall–Kier alpha value is -5.60. The first-order valence-corrected chi connectivity index (χ1v) is 22.3. The van der Waals surface area contributed by atoms with Crippen molar-refractivity contribution in [2.75, 3.05) is 14.2 Å². The molecule has 2 aromatic heterocycles. The first-order chi connectivity index (χ1) is 28.4. The van der Waals surface area contributed by atoms with Gasteiger partial charge in [-0.15, -0.1) is 10.2 Å². The van der Waals surface area contributed by atoms with E-state index in [0.29, 0.717) is 39.8 Å². The van der Waals surface area contributed by atoms with Crippen LogP contribution < -0.4 is 9.47 Å². The molecule has 18 heteroatoms. The molecule has 0 atom stereocenters. The Balaban J connectivity index is 0.000000231. The third kappa shape index (κ3) is 9.35. The predicted molar refractivity (Wildman–Crippen MR) is 233 cm³/mol. The minimum Gasteiger partial charge on any atom is -0.496 e. The van der Waals surface area contributed by atoms with Crippen LogP contribution in [0, 0.1) is 20.4 Å². The summed E-state index contributed by atoms with van der Waals surface area (Å²) in [4.78, 5) is 15.4. The van der Waals surface area contributed by atoms with Gasteiger partial charge in [-0.25, -0.2) is 31.0 Å². The van der Waals surface area contributed by atoms with Gasteiger partial charge in [0.25, 0.3) is 0 Å². The largest absolute Gasteiger partial charge is 0.496 e. The van der Waals surface area contributed by atoms with Crippen molar-refractivity contribution in [1.29, 1.82) is 0 Å². The minimum absolute atomic E-state index is 0.0886. The lowest BCUT2D eigenvalue weighted by atomic mass is 9.87. The Morgan fingerprint density at radius 3 is 1.38 bits per heavy atom. The Kier molecular flexibility index (Phi) is 13.3. The second-order valence-corrected chi connectivity index (χ2v) is 20.5. The number of benzene rings is 4. The van der Waals surface area contributed by atoms with E-state index in [-0.39, 0.29) is 52.2 Å². The van der Waals surface area contributed by atoms with Gasteiger partial charge >= 0.3 is 0 Å². The van der Waals surface area contributed by atoms with Crippen LogP contribution in [-0.4, -0.2) is 66.8 Å². The molecular formula is C43H45Cl2N7O7S2. The highest BCUT2D eigenvalue weighted by Gasteiger charge is 2.29. The fraction of sp³-hybridized carbons (Fsp3) is 0.302. The zero-order valence-corrected chi connectivity index (χ0v) is 38.6. The van der Waals surface area contributed by atoms with Gasteiger partial charge in [-0.3, -0.25) is 4.79 Å². The highest BCUT2D eigenvalue weighted by atomic mass is 35.5. The third-order valence-electron chi connectivity index (χ3n) is 9.75. The number of Topliss-reactive ketones (excluding diaryl/α,β-unsaturated/α-hetero) is 1. The van der Waals surface area contributed by atoms with Crippen LogP contribution in [0.25, 0.3) is 16.2 Å². The molecule has 0 amide bonds. The molecule has 14 nitrogen and oxygen atoms in total. The van der Waals surface area contributed by atoms with Crippen molar-refractivity contribution in [3.05, 3.63) is 122 Å². The molecule has 0 aliphatic heterocycles. The number of methoxy groups -OCH3 is 2. The van der Waals surface area contributed by atoms with Crippen molar-refractivity contribution in [3.8, 4) is 22.9 Å². The maximum absolute atomic E-state index is 13.2. The van der Waals surface area contributed by atoms with Crippen molar-refractivity contribution < 1.29 is 31.1 Å². The molecule has 0 spiro atoms. The number of ketones is 1. The molecule has 6 aromatic rings. The average Bonchev–Trinajstić information content (AvgIpc) is 3.79. The number of carbonyl (C=O) groups is 1. The highest BCUT2D eigenvalue weighted by Crippen LogP contribution is 2.37. The standard InChI is InChI=1S/C22H24ClN3O4S.C21H21ClN4O3S/c1-13-21(31(28,29)16-9-7-15(8-10-16)22(3,4)5)24-25-26(13)19-12-18(23)17(14(2)27)11-20(19)30-6;1-13-20(30(27,28)15-9-7-14(8-10-15)21(2,3)4)24-25-26(13)18-11-16(22)17(23-5)12-19(18)29-6/h7-12H,1-6H3;7-12H,1-4,6H3. The number of carbonyl (C=O) groups excluding carboxylic acids is 1. The van der Waals surface area contributed by atoms with Crippen molar-refractivity contribution in [1.82, 2.24) is 30.0 Å². The van der Waals surface area contributed by atoms with E-state index >= 15 is 0 Å². The van der Waals surface area contributed by atoms with Gasteiger partial charge in [0.2, 0.25) is 35.4 Å². The molecule has 2 heterocycles. The zero-order chi connectivity index (χ0) is 45.4. The van der Waals surface area contributed by atoms with Crippen molar-refractivity contribution in [2.45, 2.75) is 93.0 Å². The van der Waals surface area contributed by atoms with E-state index in [1.807, 2.05) is 0 Å². The zero-order valence-electron chi connectivity index (χ0n) is 35.5. The lowest BCUT2D eigenvalue weighted by molar-refractivity contribution is 0.101. The Bertz CT molecular complexity index is 2910. The molecule has 0 N–H and O–H groups in total. The summed E-state index contributed by atoms with van der Waals surface area (Å²) in [5, 5.41) is 16.0. The summed E-state index contributed by atoms with van der Waals surface area (Å²) >= 11 is 12.4. The van der Waals surface area contributed by atoms with E-state index in [2.05, 4.69) is 67.0 Å². The van der Waals surface area contributed by atoms with Crippen LogP contribution in [0.4, 0.5) is 5.69 Å². The third-order valence-corrected chi connectivity index (χ3v) is 13.9. The molecule has 0 fully saturated rings. The molecule has 0 aliphatic rings. The van der Waals surface area contributed by atoms with Crippen LogP contribution in [0.1, 0.15) is 81.3 Å². The van der Waals surface area contributed by atoms with E-state index in [9.17, 15) is 21.6 Å². The van der Waals surface area contributed by atoms with Crippen LogP contribution in [0.3, 0.4) is 0 Å². The highest BCUT2D eigenvalue weighted by molar-refractivity contribution is 7.91. The van der Waals surface area contributed by atoms with Crippen LogP contribution in [0.2, 0.25) is 10.0 Å². The van der Waals surface area contributed by atoms with E-state index < -0.39 is 19.7 Å². The Morgan fingerprint density at radius 1 is 0.656 bits per heavy atom. The molecular weight excluding hydrogens is 862 g/mol. The van der Waals surface area contributed by atoms with Crippen LogP contribution in [-0.2, 0) is 30.5 Å². The second-order valence-electron chi connectivity index (χ2n) is 16.0. The predicted octanol–water partition coefficient (Wildman–Crippen LogP) is 9.49. The van der Waals surface area contributed by atoms with Crippen LogP contribution in [0.15, 0.2) is 92.6 Å². The van der Waals surface area contributed by atoms with Gasteiger partial charge in [0, 0.05) is 10.6 Å². The molecule has 0 saturated heterocycles. The summed E-state index contributed by atoms with van der Waals surface area (Å²) < 4.78 is 66.1. The van der Waals surface area contributed by atoms with E-state index in [4.69, 9.17) is 39.2 Å². The molecule has 4 aromatic carbocycles. The molecule has 0 bridgehead atoms. The summed E-state index contributed by atoms with van der Waals surface area (Å²) in [6.45, 7) is 24.1. The van der Waals surface area contributed by atoms with Gasteiger partial charge < -0.3 is 9.47 Å². The summed E-state index contributed by atoms with van der Waals surface area (Å²) in [5.74, 6) is 0.435. The van der Waals surface area contributed by atoms with Crippen LogP contribution in [0.5, 0.6) is 11.5 Å². The molecule has 6 rings (SSSR count). The second kappa shape index (κ2) is 17.4. The molecule has 61 heavy (non-hydrogen) atoms. The number of hydrogen-bond donors (Lipinski definition) is 0. The molecule has 0 unspecified atom stereocenters. The maximum Gasteiger partial charge on any atom is 0.227 e. The molecule has 0 radical (unpaired) electrons. The van der Waals surface area contributed by atoms with Crippen LogP contribution >= 0.6 is 23.2 Å². The SMILES string of the molecule is COc1cc(C(C)=O)c(Cl)cc1-n1nnc(S(=O)(=O)c2ccc(C(C)(C)C)cc2)c1C.[C-]#[N+]c1cc(OC)c(-n2nnc(S(=O)(=O)c3ccc(C(C)(C)C)cc3)c2C)cc1Cl. The maximum atomic E-state index is 13.2. The number of aromatic nitrogens is 6. The van der Waals surface area contributed by atoms with Gasteiger partial charge in [0.1, 0.15) is 22.9 Å². The monoisotopic (exact) mass is 905 g/mol. The minimum atomic E-state index is -3.89. The number of rotatable bonds is 9. The summed E-state index contributed by atoms with van der Waals surface area (Å²) in [6, 6.07) is 19.5. The van der Waals surface area contributed by atoms with E-state index in [0.717, 1.165) is 11.1 Å². The van der Waals surface area contributed by atoms with Gasteiger partial charge in [-0.05, 0) is 91.3 Å². The number of nitrogens with zero attached hydrogens (tertiary/aromatic N) is 7. The van der Waals surface area contributed by atoms with Gasteiger partial charge in [-0.1, -0.05) is 99.4 Å². The van der Waals surface area contributed by atoms with E-state index in [1.165, 1.54) is 54.8 Å². The lowest BCUT2D eigenvalue weighted by Crippen LogP contribution is -2.12. The average molecular weight is 907 g/mol. The lowest BCUT2D eigenvalue weighted by Gasteiger charge is -2.19. The molecule has 0 aliphatic carbocycles. The van der Waals surface area contributed by atoms with Gasteiger partial charge in [0.15, 0.2) is 5.78 Å². The Labute approximate surface area is 366 Å². The topological polar surface area (TPSA) is 170 Å². The van der Waals surface area contributed by atoms with Crippen molar-refractivity contribution >= 4 is 54.3 Å². The summed E-state index contributed by atoms with van der Waals surface area (Å²) in [7, 11) is -4.88. The molecule has 320 valence electrons. The quantitative estimate of drug-likeness (QED) is 0.100. The van der Waals surface area contributed by atoms with E-state index in [1.54, 1.807) is 62.4 Å². The molecule has 0 saturated carbocycles. The number of ether oxygens (including phenoxy) is 2. The van der Waals surface area contributed by atoms with Crippen molar-refractivity contribution in [3.63, 3.8) is 0 Å². The fourth-order valence-corrected chi connectivity index (χ4v) is 9.33. The summed E-state index contributed by atoms with van der Waals surface area (Å²) in [5.41, 5.74) is 3.77. The van der Waals surface area contributed by atoms with Gasteiger partial charge in [0.05, 0.1) is 47.0 Å². The van der Waals surface area contributed by atoms with Crippen molar-refractivity contribution in [2.24, 2.45) is 0 Å². The Morgan fingerprint density at radius 2 is 1.03 bits per heavy atom. The first-order valence-electron chi connectivity index (χ1n) is 18.6. The number of halogens is 2. The summed E-state index contributed by atoms with van der Waals surface area (Å²) in [6.07, 6.45) is 0. The van der Waals surface area contributed by atoms with Gasteiger partial charge in [-0.2, -0.15) is 0 Å². The first kappa shape index (κ1) is 46.5. The number of hydrogen-bond acceptors (Lipinski definition) is 11. The smallest absolute Gasteiger partial charge is 0.227 e.